The molecule has 2 aromatic rings. The summed E-state index contributed by atoms with van der Waals surface area (Å²) < 4.78 is 27.9. The molecule has 1 aliphatic carbocycles. The van der Waals surface area contributed by atoms with Crippen LogP contribution in [0, 0.1) is 6.92 Å². The maximum Gasteiger partial charge on any atom is 0.273 e. The lowest BCUT2D eigenvalue weighted by molar-refractivity contribution is 0.603. The molecular weight excluding hydrogens is 326 g/mol. The van der Waals surface area contributed by atoms with Crippen molar-refractivity contribution in [3.63, 3.8) is 0 Å². The van der Waals surface area contributed by atoms with E-state index in [0.717, 1.165) is 35.4 Å². The summed E-state index contributed by atoms with van der Waals surface area (Å²) in [5.41, 5.74) is 2.05. The van der Waals surface area contributed by atoms with Crippen molar-refractivity contribution < 1.29 is 8.42 Å². The number of hydrogen-bond acceptors (Lipinski definition) is 6. The van der Waals surface area contributed by atoms with Gasteiger partial charge in [-0.25, -0.2) is 13.4 Å². The quantitative estimate of drug-likeness (QED) is 0.875. The second kappa shape index (κ2) is 5.68. The van der Waals surface area contributed by atoms with Crippen LogP contribution in [-0.2, 0) is 29.4 Å². The summed E-state index contributed by atoms with van der Waals surface area (Å²) in [5, 5.41) is 3.54. The van der Waals surface area contributed by atoms with Crippen molar-refractivity contribution >= 4 is 37.8 Å². The lowest BCUT2D eigenvalue weighted by atomic mass is 10.3. The maximum absolute atomic E-state index is 12.4. The molecule has 5 nitrogen and oxygen atoms in total. The largest absolute Gasteiger partial charge is 0.315 e. The van der Waals surface area contributed by atoms with Crippen LogP contribution in [0.15, 0.2) is 10.3 Å². The molecule has 0 aromatic carbocycles. The first kappa shape index (κ1) is 15.0. The Labute approximate surface area is 132 Å². The topological polar surface area (TPSA) is 71.1 Å². The number of aromatic nitrogens is 1. The minimum absolute atomic E-state index is 0.348. The lowest BCUT2D eigenvalue weighted by Crippen LogP contribution is -2.11. The van der Waals surface area contributed by atoms with Crippen molar-refractivity contribution in [3.05, 3.63) is 27.1 Å². The minimum Gasteiger partial charge on any atom is -0.315 e. The highest BCUT2D eigenvalue weighted by atomic mass is 32.2. The number of anilines is 1. The van der Waals surface area contributed by atoms with Gasteiger partial charge in [-0.1, -0.05) is 0 Å². The van der Waals surface area contributed by atoms with Crippen molar-refractivity contribution in [1.82, 2.24) is 10.3 Å². The van der Waals surface area contributed by atoms with Crippen LogP contribution in [0.5, 0.6) is 0 Å². The van der Waals surface area contributed by atoms with Crippen LogP contribution in [0.1, 0.15) is 27.4 Å². The second-order valence-electron chi connectivity index (χ2n) is 5.05. The number of nitrogens with zero attached hydrogens (tertiary/aromatic N) is 1. The third kappa shape index (κ3) is 2.98. The van der Waals surface area contributed by atoms with Crippen LogP contribution in [0.25, 0.3) is 0 Å². The highest BCUT2D eigenvalue weighted by molar-refractivity contribution is 7.94. The molecule has 0 spiro atoms. The van der Waals surface area contributed by atoms with Gasteiger partial charge >= 0.3 is 0 Å². The predicted molar refractivity (Wildman–Crippen MR) is 86.8 cm³/mol. The van der Waals surface area contributed by atoms with Crippen LogP contribution in [0.3, 0.4) is 0 Å². The Morgan fingerprint density at radius 1 is 1.33 bits per heavy atom. The second-order valence-corrected chi connectivity index (χ2v) is 9.18. The molecule has 0 amide bonds. The zero-order valence-corrected chi connectivity index (χ0v) is 14.3. The fraction of sp³-hybridized carbons (Fsp3) is 0.462. The van der Waals surface area contributed by atoms with Crippen molar-refractivity contribution in [2.45, 2.75) is 36.9 Å². The number of thiazole rings is 1. The fourth-order valence-electron chi connectivity index (χ4n) is 2.36. The number of sulfonamides is 1. The number of aryl methyl sites for hydroxylation is 3. The zero-order valence-electron chi connectivity index (χ0n) is 11.9. The van der Waals surface area contributed by atoms with Crippen molar-refractivity contribution in [2.24, 2.45) is 0 Å². The van der Waals surface area contributed by atoms with E-state index in [4.69, 9.17) is 0 Å². The Morgan fingerprint density at radius 2 is 2.14 bits per heavy atom. The molecule has 0 aliphatic heterocycles. The van der Waals surface area contributed by atoms with Gasteiger partial charge in [-0.15, -0.1) is 22.7 Å². The first-order chi connectivity index (χ1) is 9.99. The standard InChI is InChI=1S/C13H17N3O2S3/c1-8-6-12(19-11(8)7-14-2)21(17,18)16-13-15-9-4-3-5-10(9)20-13/h6,14H,3-5,7H2,1-2H3,(H,15,16). The molecule has 0 radical (unpaired) electrons. The number of nitrogens with one attached hydrogen (secondary N) is 2. The SMILES string of the molecule is CNCc1sc(S(=O)(=O)Nc2nc3c(s2)CCC3)cc1C. The van der Waals surface area contributed by atoms with E-state index in [1.54, 1.807) is 6.07 Å². The Morgan fingerprint density at radius 3 is 2.86 bits per heavy atom. The minimum atomic E-state index is -3.53. The third-order valence-electron chi connectivity index (χ3n) is 3.42. The van der Waals surface area contributed by atoms with Gasteiger partial charge in [0.2, 0.25) is 0 Å². The Balaban J connectivity index is 1.84. The molecule has 114 valence electrons. The molecule has 3 rings (SSSR count). The van der Waals surface area contributed by atoms with Gasteiger partial charge in [-0.2, -0.15) is 0 Å². The molecule has 8 heteroatoms. The summed E-state index contributed by atoms with van der Waals surface area (Å²) in [5.74, 6) is 0. The molecule has 1 aliphatic rings. The van der Waals surface area contributed by atoms with Gasteiger partial charge in [-0.05, 0) is 44.9 Å². The van der Waals surface area contributed by atoms with Crippen LogP contribution in [0.4, 0.5) is 5.13 Å². The van der Waals surface area contributed by atoms with E-state index in [9.17, 15) is 8.42 Å². The average molecular weight is 343 g/mol. The molecule has 0 bridgehead atoms. The van der Waals surface area contributed by atoms with E-state index in [1.165, 1.54) is 27.6 Å². The van der Waals surface area contributed by atoms with E-state index in [2.05, 4.69) is 15.0 Å². The van der Waals surface area contributed by atoms with E-state index in [-0.39, 0.29) is 0 Å². The number of fused-ring (bicyclic) bond motifs is 1. The van der Waals surface area contributed by atoms with Gasteiger partial charge in [0.05, 0.1) is 5.69 Å². The molecule has 0 saturated heterocycles. The van der Waals surface area contributed by atoms with Crippen LogP contribution in [0.2, 0.25) is 0 Å². The number of rotatable bonds is 5. The van der Waals surface area contributed by atoms with Crippen molar-refractivity contribution in [1.29, 1.82) is 0 Å². The van der Waals surface area contributed by atoms with Crippen LogP contribution < -0.4 is 10.0 Å². The Bertz CT molecular complexity index is 740. The average Bonchev–Trinajstić information content (AvgIpc) is 3.05. The highest BCUT2D eigenvalue weighted by Gasteiger charge is 2.23. The van der Waals surface area contributed by atoms with E-state index < -0.39 is 10.0 Å². The summed E-state index contributed by atoms with van der Waals surface area (Å²) in [6, 6.07) is 1.72. The summed E-state index contributed by atoms with van der Waals surface area (Å²) in [7, 11) is -1.68. The predicted octanol–water partition coefficient (Wildman–Crippen LogP) is 2.52. The summed E-state index contributed by atoms with van der Waals surface area (Å²) >= 11 is 2.76. The number of hydrogen-bond donors (Lipinski definition) is 2. The van der Waals surface area contributed by atoms with E-state index in [1.807, 2.05) is 14.0 Å². The molecule has 2 aromatic heterocycles. The lowest BCUT2D eigenvalue weighted by Gasteiger charge is -2.02. The van der Waals surface area contributed by atoms with Gasteiger partial charge in [-0.3, -0.25) is 4.72 Å². The normalized spacial score (nSPS) is 14.4. The first-order valence-electron chi connectivity index (χ1n) is 6.75. The molecule has 0 fully saturated rings. The molecule has 0 atom stereocenters. The summed E-state index contributed by atoms with van der Waals surface area (Å²) in [6.07, 6.45) is 3.09. The van der Waals surface area contributed by atoms with Gasteiger partial charge in [0.1, 0.15) is 4.21 Å². The molecule has 2 N–H and O–H groups in total. The van der Waals surface area contributed by atoms with Crippen LogP contribution in [-0.4, -0.2) is 20.4 Å². The van der Waals surface area contributed by atoms with E-state index in [0.29, 0.717) is 15.9 Å². The van der Waals surface area contributed by atoms with E-state index >= 15 is 0 Å². The van der Waals surface area contributed by atoms with Gasteiger partial charge in [0.15, 0.2) is 5.13 Å². The van der Waals surface area contributed by atoms with Crippen LogP contribution >= 0.6 is 22.7 Å². The molecule has 0 unspecified atom stereocenters. The maximum atomic E-state index is 12.4. The highest BCUT2D eigenvalue weighted by Crippen LogP contribution is 2.33. The smallest absolute Gasteiger partial charge is 0.273 e. The van der Waals surface area contributed by atoms with Crippen molar-refractivity contribution in [3.8, 4) is 0 Å². The Hall–Kier alpha value is -0.960. The summed E-state index contributed by atoms with van der Waals surface area (Å²) in [4.78, 5) is 6.64. The van der Waals surface area contributed by atoms with Crippen molar-refractivity contribution in [2.75, 3.05) is 11.8 Å². The zero-order chi connectivity index (χ0) is 15.0. The fourth-order valence-corrected chi connectivity index (χ4v) is 6.24. The molecule has 2 heterocycles. The molecular formula is C13H17N3O2S3. The Kier molecular flexibility index (Phi) is 4.04. The first-order valence-corrected chi connectivity index (χ1v) is 9.86. The molecule has 0 saturated carbocycles. The monoisotopic (exact) mass is 343 g/mol. The van der Waals surface area contributed by atoms with Gasteiger partial charge in [0, 0.05) is 16.3 Å². The summed E-state index contributed by atoms with van der Waals surface area (Å²) in [6.45, 7) is 2.61. The van der Waals surface area contributed by atoms with Gasteiger partial charge < -0.3 is 5.32 Å². The third-order valence-corrected chi connectivity index (χ3v) is 7.67. The van der Waals surface area contributed by atoms with Gasteiger partial charge in [0.25, 0.3) is 10.0 Å². The molecule has 21 heavy (non-hydrogen) atoms. The number of thiophene rings is 1.